The van der Waals surface area contributed by atoms with Gasteiger partial charge in [0.25, 0.3) is 0 Å². The van der Waals surface area contributed by atoms with Gasteiger partial charge in [-0.05, 0) is 18.4 Å². The predicted octanol–water partition coefficient (Wildman–Crippen LogP) is 2.56. The highest BCUT2D eigenvalue weighted by molar-refractivity contribution is 7.13. The Balaban J connectivity index is 2.08. The molecule has 2 aromatic rings. The van der Waals surface area contributed by atoms with Gasteiger partial charge in [0.1, 0.15) is 0 Å². The quantitative estimate of drug-likeness (QED) is 0.833. The van der Waals surface area contributed by atoms with Gasteiger partial charge in [-0.25, -0.2) is 0 Å². The second-order valence-electron chi connectivity index (χ2n) is 3.75. The molecule has 0 radical (unpaired) electrons. The van der Waals surface area contributed by atoms with Crippen LogP contribution in [0.2, 0.25) is 0 Å². The largest absolute Gasteiger partial charge is 0.337 e. The van der Waals surface area contributed by atoms with Crippen LogP contribution in [0.4, 0.5) is 0 Å². The maximum Gasteiger partial charge on any atom is 0.246 e. The molecule has 0 saturated heterocycles. The number of aromatic nitrogens is 2. The van der Waals surface area contributed by atoms with Crippen molar-refractivity contribution in [2.24, 2.45) is 0 Å². The van der Waals surface area contributed by atoms with Crippen molar-refractivity contribution in [1.82, 2.24) is 15.0 Å². The van der Waals surface area contributed by atoms with Crippen LogP contribution < -0.4 is 0 Å². The summed E-state index contributed by atoms with van der Waals surface area (Å²) in [5.41, 5.74) is 0. The molecule has 0 aromatic carbocycles. The highest BCUT2D eigenvalue weighted by atomic mass is 32.1. The van der Waals surface area contributed by atoms with Gasteiger partial charge in [0, 0.05) is 13.0 Å². The second-order valence-corrected chi connectivity index (χ2v) is 4.70. The van der Waals surface area contributed by atoms with Crippen molar-refractivity contribution in [3.8, 4) is 10.7 Å². The van der Waals surface area contributed by atoms with Crippen LogP contribution in [0.25, 0.3) is 10.7 Å². The third-order valence-corrected chi connectivity index (χ3v) is 3.44. The van der Waals surface area contributed by atoms with Crippen LogP contribution in [0.15, 0.2) is 22.0 Å². The molecule has 0 N–H and O–H groups in total. The molecular formula is C12H15N3O2S. The van der Waals surface area contributed by atoms with Crippen LogP contribution >= 0.6 is 11.3 Å². The Labute approximate surface area is 109 Å². The fourth-order valence-corrected chi connectivity index (χ4v) is 2.24. The van der Waals surface area contributed by atoms with E-state index in [0.717, 1.165) is 4.88 Å². The molecule has 0 aliphatic carbocycles. The van der Waals surface area contributed by atoms with Crippen LogP contribution in [0.5, 0.6) is 0 Å². The van der Waals surface area contributed by atoms with Crippen molar-refractivity contribution in [3.63, 3.8) is 0 Å². The molecule has 0 bridgehead atoms. The molecule has 6 heteroatoms. The molecule has 0 saturated carbocycles. The lowest BCUT2D eigenvalue weighted by Crippen LogP contribution is -2.29. The number of hydrogen-bond acceptors (Lipinski definition) is 5. The van der Waals surface area contributed by atoms with E-state index in [1.54, 1.807) is 16.2 Å². The first-order chi connectivity index (χ1) is 8.74. The van der Waals surface area contributed by atoms with E-state index in [0.29, 0.717) is 31.2 Å². The average molecular weight is 265 g/mol. The monoisotopic (exact) mass is 265 g/mol. The lowest BCUT2D eigenvalue weighted by atomic mass is 10.3. The van der Waals surface area contributed by atoms with E-state index < -0.39 is 0 Å². The summed E-state index contributed by atoms with van der Waals surface area (Å²) in [6, 6.07) is 3.88. The van der Waals surface area contributed by atoms with Crippen molar-refractivity contribution in [2.45, 2.75) is 26.8 Å². The van der Waals surface area contributed by atoms with E-state index in [4.69, 9.17) is 4.52 Å². The smallest absolute Gasteiger partial charge is 0.246 e. The fourth-order valence-electron chi connectivity index (χ4n) is 1.59. The van der Waals surface area contributed by atoms with Gasteiger partial charge in [-0.15, -0.1) is 11.3 Å². The number of carbonyl (C=O) groups excluding carboxylic acids is 1. The number of nitrogens with zero attached hydrogens (tertiary/aromatic N) is 3. The first-order valence-corrected chi connectivity index (χ1v) is 6.76. The summed E-state index contributed by atoms with van der Waals surface area (Å²) in [5.74, 6) is 1.15. The standard InChI is InChI=1S/C12H15N3O2S/c1-3-11(16)15(4-2)8-10-13-12(14-17-10)9-6-5-7-18-9/h5-7H,3-4,8H2,1-2H3. The van der Waals surface area contributed by atoms with Crippen LogP contribution in [0.1, 0.15) is 26.2 Å². The van der Waals surface area contributed by atoms with E-state index >= 15 is 0 Å². The third kappa shape index (κ3) is 2.76. The van der Waals surface area contributed by atoms with E-state index in [2.05, 4.69) is 10.1 Å². The van der Waals surface area contributed by atoms with Crippen molar-refractivity contribution >= 4 is 17.2 Å². The Kier molecular flexibility index (Phi) is 4.09. The predicted molar refractivity (Wildman–Crippen MR) is 69.0 cm³/mol. The average Bonchev–Trinajstić information content (AvgIpc) is 3.05. The lowest BCUT2D eigenvalue weighted by molar-refractivity contribution is -0.131. The van der Waals surface area contributed by atoms with Gasteiger partial charge in [0.15, 0.2) is 0 Å². The summed E-state index contributed by atoms with van der Waals surface area (Å²) in [4.78, 5) is 18.6. The Hall–Kier alpha value is -1.69. The molecule has 0 spiro atoms. The number of carbonyl (C=O) groups is 1. The normalized spacial score (nSPS) is 10.6. The number of hydrogen-bond donors (Lipinski definition) is 0. The van der Waals surface area contributed by atoms with Crippen LogP contribution in [0.3, 0.4) is 0 Å². The maximum atomic E-state index is 11.6. The zero-order chi connectivity index (χ0) is 13.0. The molecule has 1 amide bonds. The molecule has 5 nitrogen and oxygen atoms in total. The van der Waals surface area contributed by atoms with Gasteiger partial charge in [0.2, 0.25) is 17.6 Å². The topological polar surface area (TPSA) is 59.2 Å². The molecule has 0 unspecified atom stereocenters. The fraction of sp³-hybridized carbons (Fsp3) is 0.417. The molecular weight excluding hydrogens is 250 g/mol. The summed E-state index contributed by atoms with van der Waals surface area (Å²) in [6.07, 6.45) is 0.486. The highest BCUT2D eigenvalue weighted by Gasteiger charge is 2.15. The van der Waals surface area contributed by atoms with Gasteiger partial charge >= 0.3 is 0 Å². The Morgan fingerprint density at radius 3 is 2.94 bits per heavy atom. The van der Waals surface area contributed by atoms with Crippen LogP contribution in [-0.4, -0.2) is 27.5 Å². The van der Waals surface area contributed by atoms with Crippen molar-refractivity contribution in [2.75, 3.05) is 6.54 Å². The molecule has 96 valence electrons. The highest BCUT2D eigenvalue weighted by Crippen LogP contribution is 2.21. The minimum Gasteiger partial charge on any atom is -0.337 e. The molecule has 0 aliphatic heterocycles. The minimum atomic E-state index is 0.0911. The molecule has 2 aromatic heterocycles. The van der Waals surface area contributed by atoms with E-state index in [1.807, 2.05) is 31.4 Å². The summed E-state index contributed by atoms with van der Waals surface area (Å²) in [7, 11) is 0. The number of thiophene rings is 1. The van der Waals surface area contributed by atoms with Crippen LogP contribution in [0, 0.1) is 0 Å². The molecule has 18 heavy (non-hydrogen) atoms. The summed E-state index contributed by atoms with van der Waals surface area (Å²) in [6.45, 7) is 4.80. The van der Waals surface area contributed by atoms with Crippen molar-refractivity contribution in [1.29, 1.82) is 0 Å². The van der Waals surface area contributed by atoms with E-state index in [1.165, 1.54) is 0 Å². The van der Waals surface area contributed by atoms with Gasteiger partial charge in [-0.1, -0.05) is 18.1 Å². The molecule has 0 fully saturated rings. The molecule has 0 atom stereocenters. The summed E-state index contributed by atoms with van der Waals surface area (Å²) < 4.78 is 5.17. The third-order valence-electron chi connectivity index (χ3n) is 2.57. The summed E-state index contributed by atoms with van der Waals surface area (Å²) >= 11 is 1.56. The van der Waals surface area contributed by atoms with Gasteiger partial charge < -0.3 is 9.42 Å². The van der Waals surface area contributed by atoms with Gasteiger partial charge in [-0.2, -0.15) is 4.98 Å². The first-order valence-electron chi connectivity index (χ1n) is 5.88. The van der Waals surface area contributed by atoms with Crippen LogP contribution in [-0.2, 0) is 11.3 Å². The zero-order valence-corrected chi connectivity index (χ0v) is 11.2. The lowest BCUT2D eigenvalue weighted by Gasteiger charge is -2.17. The SMILES string of the molecule is CCC(=O)N(CC)Cc1nc(-c2cccs2)no1. The first kappa shape index (κ1) is 12.8. The molecule has 2 rings (SSSR count). The Morgan fingerprint density at radius 1 is 1.50 bits per heavy atom. The Morgan fingerprint density at radius 2 is 2.33 bits per heavy atom. The van der Waals surface area contributed by atoms with Gasteiger partial charge in [0.05, 0.1) is 11.4 Å². The van der Waals surface area contributed by atoms with Crippen molar-refractivity contribution in [3.05, 3.63) is 23.4 Å². The van der Waals surface area contributed by atoms with Gasteiger partial charge in [-0.3, -0.25) is 4.79 Å². The summed E-state index contributed by atoms with van der Waals surface area (Å²) in [5, 5.41) is 5.88. The van der Waals surface area contributed by atoms with E-state index in [9.17, 15) is 4.79 Å². The second kappa shape index (κ2) is 5.77. The van der Waals surface area contributed by atoms with Crippen molar-refractivity contribution < 1.29 is 9.32 Å². The van der Waals surface area contributed by atoms with E-state index in [-0.39, 0.29) is 5.91 Å². The number of amides is 1. The maximum absolute atomic E-state index is 11.6. The minimum absolute atomic E-state index is 0.0911. The Bertz CT molecular complexity index is 507. The number of rotatable bonds is 5. The molecule has 2 heterocycles. The molecule has 0 aliphatic rings. The zero-order valence-electron chi connectivity index (χ0n) is 10.4.